The first-order valence-corrected chi connectivity index (χ1v) is 8.62. The van der Waals surface area contributed by atoms with Crippen LogP contribution >= 0.6 is 0 Å². The van der Waals surface area contributed by atoms with Crippen molar-refractivity contribution in [2.75, 3.05) is 39.3 Å². The van der Waals surface area contributed by atoms with Crippen molar-refractivity contribution in [3.8, 4) is 0 Å². The van der Waals surface area contributed by atoms with Crippen LogP contribution in [0.5, 0.6) is 0 Å². The molecule has 2 saturated heterocycles. The molecule has 134 valence electrons. The van der Waals surface area contributed by atoms with Crippen LogP contribution < -0.4 is 5.32 Å². The maximum atomic E-state index is 12.5. The van der Waals surface area contributed by atoms with Crippen molar-refractivity contribution in [3.05, 3.63) is 0 Å². The number of alkyl halides is 2. The molecule has 7 heteroatoms. The number of amides is 2. The summed E-state index contributed by atoms with van der Waals surface area (Å²) in [6.07, 6.45) is 0.835. The molecule has 0 bridgehead atoms. The highest BCUT2D eigenvalue weighted by atomic mass is 19.3. The first-order valence-electron chi connectivity index (χ1n) is 8.62. The summed E-state index contributed by atoms with van der Waals surface area (Å²) in [5, 5.41) is 3.01. The molecule has 0 aromatic rings. The highest BCUT2D eigenvalue weighted by Gasteiger charge is 2.26. The van der Waals surface area contributed by atoms with Crippen molar-refractivity contribution in [1.29, 1.82) is 0 Å². The number of urea groups is 1. The zero-order valence-corrected chi connectivity index (χ0v) is 14.1. The minimum Gasteiger partial charge on any atom is -0.376 e. The van der Waals surface area contributed by atoms with Crippen LogP contribution in [0.1, 0.15) is 33.1 Å². The molecule has 0 saturated carbocycles. The van der Waals surface area contributed by atoms with Gasteiger partial charge in [-0.15, -0.1) is 0 Å². The Morgan fingerprint density at radius 1 is 1.17 bits per heavy atom. The monoisotopic (exact) mass is 333 g/mol. The predicted molar refractivity (Wildman–Crippen MR) is 84.8 cm³/mol. The SMILES string of the molecule is C[C@H]1CC(CNC(=O)N2CCCN(CC(F)F)CC2)C[C@H](C)O1. The van der Waals surface area contributed by atoms with E-state index in [0.717, 1.165) is 19.3 Å². The van der Waals surface area contributed by atoms with E-state index < -0.39 is 6.43 Å². The molecule has 2 heterocycles. The summed E-state index contributed by atoms with van der Waals surface area (Å²) in [4.78, 5) is 15.8. The lowest BCUT2D eigenvalue weighted by molar-refractivity contribution is -0.0512. The van der Waals surface area contributed by atoms with E-state index in [2.05, 4.69) is 19.2 Å². The Hall–Kier alpha value is -0.950. The molecular weight excluding hydrogens is 304 g/mol. The van der Waals surface area contributed by atoms with E-state index in [1.54, 1.807) is 9.80 Å². The quantitative estimate of drug-likeness (QED) is 0.858. The van der Waals surface area contributed by atoms with E-state index in [-0.39, 0.29) is 24.8 Å². The van der Waals surface area contributed by atoms with Gasteiger partial charge in [0.1, 0.15) is 0 Å². The van der Waals surface area contributed by atoms with Gasteiger partial charge in [0.15, 0.2) is 0 Å². The van der Waals surface area contributed by atoms with Crippen LogP contribution in [0.2, 0.25) is 0 Å². The Morgan fingerprint density at radius 3 is 2.52 bits per heavy atom. The van der Waals surface area contributed by atoms with E-state index in [1.807, 2.05) is 0 Å². The zero-order chi connectivity index (χ0) is 16.8. The lowest BCUT2D eigenvalue weighted by Crippen LogP contribution is -2.45. The van der Waals surface area contributed by atoms with E-state index in [1.165, 1.54) is 0 Å². The highest BCUT2D eigenvalue weighted by Crippen LogP contribution is 2.24. The van der Waals surface area contributed by atoms with Gasteiger partial charge < -0.3 is 15.0 Å². The third-order valence-electron chi connectivity index (χ3n) is 4.61. The molecule has 0 unspecified atom stereocenters. The molecule has 2 rings (SSSR count). The van der Waals surface area contributed by atoms with E-state index in [0.29, 0.717) is 38.6 Å². The van der Waals surface area contributed by atoms with Crippen LogP contribution in [-0.4, -0.2) is 73.7 Å². The smallest absolute Gasteiger partial charge is 0.317 e. The topological polar surface area (TPSA) is 44.8 Å². The summed E-state index contributed by atoms with van der Waals surface area (Å²) in [5.41, 5.74) is 0. The van der Waals surface area contributed by atoms with Crippen molar-refractivity contribution in [3.63, 3.8) is 0 Å². The summed E-state index contributed by atoms with van der Waals surface area (Å²) < 4.78 is 30.6. The van der Waals surface area contributed by atoms with Gasteiger partial charge in [-0.05, 0) is 39.0 Å². The van der Waals surface area contributed by atoms with Gasteiger partial charge in [0, 0.05) is 32.7 Å². The molecule has 2 amide bonds. The Balaban J connectivity index is 1.73. The number of carbonyl (C=O) groups excluding carboxylic acids is 1. The van der Waals surface area contributed by atoms with Crippen LogP contribution in [0.15, 0.2) is 0 Å². The summed E-state index contributed by atoms with van der Waals surface area (Å²) in [6.45, 7) is 6.88. The second-order valence-corrected chi connectivity index (χ2v) is 6.81. The third kappa shape index (κ3) is 6.22. The molecule has 23 heavy (non-hydrogen) atoms. The molecule has 0 radical (unpaired) electrons. The van der Waals surface area contributed by atoms with Gasteiger partial charge in [0.25, 0.3) is 6.43 Å². The van der Waals surface area contributed by atoms with Crippen LogP contribution in [0, 0.1) is 5.92 Å². The van der Waals surface area contributed by atoms with Crippen molar-refractivity contribution in [1.82, 2.24) is 15.1 Å². The van der Waals surface area contributed by atoms with Gasteiger partial charge in [-0.25, -0.2) is 13.6 Å². The van der Waals surface area contributed by atoms with Crippen molar-refractivity contribution >= 4 is 6.03 Å². The average Bonchev–Trinajstić information content (AvgIpc) is 2.69. The lowest BCUT2D eigenvalue weighted by atomic mass is 9.92. The number of nitrogens with one attached hydrogen (secondary N) is 1. The second-order valence-electron chi connectivity index (χ2n) is 6.81. The summed E-state index contributed by atoms with van der Waals surface area (Å²) in [5.74, 6) is 0.444. The van der Waals surface area contributed by atoms with Gasteiger partial charge in [-0.2, -0.15) is 0 Å². The van der Waals surface area contributed by atoms with Crippen LogP contribution in [0.3, 0.4) is 0 Å². The van der Waals surface area contributed by atoms with Gasteiger partial charge in [-0.3, -0.25) is 4.90 Å². The minimum atomic E-state index is -2.31. The normalized spacial score (nSPS) is 30.3. The molecule has 2 atom stereocenters. The fraction of sp³-hybridized carbons (Fsp3) is 0.938. The standard InChI is InChI=1S/C16H29F2N3O2/c1-12-8-14(9-13(2)23-12)10-19-16(22)21-5-3-4-20(6-7-21)11-15(17)18/h12-15H,3-11H2,1-2H3,(H,19,22)/t12-,13-/m0/s1. The molecule has 2 aliphatic rings. The predicted octanol–water partition coefficient (Wildman–Crippen LogP) is 2.17. The molecule has 1 N–H and O–H groups in total. The Labute approximate surface area is 137 Å². The molecule has 0 spiro atoms. The lowest BCUT2D eigenvalue weighted by Gasteiger charge is -2.32. The Bertz CT molecular complexity index is 374. The van der Waals surface area contributed by atoms with Gasteiger partial charge in [0.2, 0.25) is 0 Å². The summed E-state index contributed by atoms with van der Waals surface area (Å²) in [6, 6.07) is -0.0734. The molecule has 2 fully saturated rings. The summed E-state index contributed by atoms with van der Waals surface area (Å²) in [7, 11) is 0. The highest BCUT2D eigenvalue weighted by molar-refractivity contribution is 5.74. The average molecular weight is 333 g/mol. The number of nitrogens with zero attached hydrogens (tertiary/aromatic N) is 2. The van der Waals surface area contributed by atoms with Gasteiger partial charge >= 0.3 is 6.03 Å². The fourth-order valence-corrected chi connectivity index (χ4v) is 3.60. The third-order valence-corrected chi connectivity index (χ3v) is 4.61. The van der Waals surface area contributed by atoms with E-state index >= 15 is 0 Å². The van der Waals surface area contributed by atoms with Crippen molar-refractivity contribution < 1.29 is 18.3 Å². The largest absolute Gasteiger partial charge is 0.376 e. The van der Waals surface area contributed by atoms with Gasteiger partial charge in [0.05, 0.1) is 18.8 Å². The molecule has 0 aromatic carbocycles. The number of rotatable bonds is 4. The van der Waals surface area contributed by atoms with Crippen molar-refractivity contribution in [2.45, 2.75) is 51.7 Å². The number of hydrogen-bond donors (Lipinski definition) is 1. The zero-order valence-electron chi connectivity index (χ0n) is 14.1. The Morgan fingerprint density at radius 2 is 1.87 bits per heavy atom. The van der Waals surface area contributed by atoms with Crippen LogP contribution in [0.4, 0.5) is 13.6 Å². The van der Waals surface area contributed by atoms with E-state index in [4.69, 9.17) is 4.74 Å². The van der Waals surface area contributed by atoms with Gasteiger partial charge in [-0.1, -0.05) is 0 Å². The minimum absolute atomic E-state index is 0.0734. The van der Waals surface area contributed by atoms with Crippen LogP contribution in [-0.2, 0) is 4.74 Å². The fourth-order valence-electron chi connectivity index (χ4n) is 3.60. The molecule has 0 aliphatic carbocycles. The van der Waals surface area contributed by atoms with E-state index in [9.17, 15) is 13.6 Å². The second kappa shape index (κ2) is 8.78. The van der Waals surface area contributed by atoms with Crippen LogP contribution in [0.25, 0.3) is 0 Å². The number of halogens is 2. The first-order chi connectivity index (χ1) is 10.9. The molecular formula is C16H29F2N3O2. The number of hydrogen-bond acceptors (Lipinski definition) is 3. The molecule has 0 aromatic heterocycles. The number of carbonyl (C=O) groups is 1. The molecule has 2 aliphatic heterocycles. The number of ether oxygens (including phenoxy) is 1. The maximum absolute atomic E-state index is 12.5. The Kier molecular flexibility index (Phi) is 7.02. The maximum Gasteiger partial charge on any atom is 0.317 e. The summed E-state index contributed by atoms with van der Waals surface area (Å²) >= 11 is 0. The first kappa shape index (κ1) is 18.4. The van der Waals surface area contributed by atoms with Crippen molar-refractivity contribution in [2.24, 2.45) is 5.92 Å². The molecule has 5 nitrogen and oxygen atoms in total.